The second-order valence-corrected chi connectivity index (χ2v) is 5.60. The highest BCUT2D eigenvalue weighted by molar-refractivity contribution is 5.77. The summed E-state index contributed by atoms with van der Waals surface area (Å²) < 4.78 is 3.16. The number of imidazole rings is 1. The lowest BCUT2D eigenvalue weighted by atomic mass is 10.1. The summed E-state index contributed by atoms with van der Waals surface area (Å²) in [5.41, 5.74) is 0.865. The minimum atomic E-state index is -0.231. The van der Waals surface area contributed by atoms with E-state index in [1.807, 2.05) is 4.57 Å². The summed E-state index contributed by atoms with van der Waals surface area (Å²) in [6, 6.07) is 0. The molecular formula is C16H21N5O2. The molecule has 0 amide bonds. The Morgan fingerprint density at radius 3 is 2.78 bits per heavy atom. The summed E-state index contributed by atoms with van der Waals surface area (Å²) >= 11 is 0. The van der Waals surface area contributed by atoms with Crippen LogP contribution in [0.4, 0.5) is 5.95 Å². The van der Waals surface area contributed by atoms with Crippen LogP contribution in [-0.4, -0.2) is 44.1 Å². The summed E-state index contributed by atoms with van der Waals surface area (Å²) in [7, 11) is 0. The molecule has 0 saturated carbocycles. The lowest BCUT2D eigenvalue weighted by molar-refractivity contribution is 0.266. The highest BCUT2D eigenvalue weighted by Crippen LogP contribution is 2.23. The van der Waals surface area contributed by atoms with E-state index in [1.165, 1.54) is 11.1 Å². The summed E-state index contributed by atoms with van der Waals surface area (Å²) in [4.78, 5) is 19.5. The smallest absolute Gasteiger partial charge is 0.293 e. The fourth-order valence-corrected chi connectivity index (χ4v) is 2.97. The number of fused-ring (bicyclic) bond motifs is 1. The first-order chi connectivity index (χ1) is 11.3. The Labute approximate surface area is 134 Å². The van der Waals surface area contributed by atoms with Crippen molar-refractivity contribution < 1.29 is 5.11 Å². The molecule has 0 aliphatic carbocycles. The van der Waals surface area contributed by atoms with Crippen LogP contribution in [0.25, 0.3) is 11.0 Å². The third-order valence-corrected chi connectivity index (χ3v) is 4.10. The first-order valence-corrected chi connectivity index (χ1v) is 7.98. The Morgan fingerprint density at radius 1 is 1.30 bits per heavy atom. The number of hydrogen-bond donors (Lipinski definition) is 1. The molecule has 0 bridgehead atoms. The maximum atomic E-state index is 12.7. The number of aliphatic hydroxyl groups is 1. The van der Waals surface area contributed by atoms with Gasteiger partial charge < -0.3 is 10.0 Å². The molecule has 1 aliphatic heterocycles. The van der Waals surface area contributed by atoms with Gasteiger partial charge in [0.1, 0.15) is 11.0 Å². The number of hydrogen-bond acceptors (Lipinski definition) is 5. The van der Waals surface area contributed by atoms with Crippen LogP contribution < -0.4 is 10.5 Å². The van der Waals surface area contributed by atoms with Crippen LogP contribution in [-0.2, 0) is 13.1 Å². The predicted molar refractivity (Wildman–Crippen MR) is 88.4 cm³/mol. The van der Waals surface area contributed by atoms with E-state index in [0.29, 0.717) is 17.6 Å². The third-order valence-electron chi connectivity index (χ3n) is 4.10. The zero-order chi connectivity index (χ0) is 16.2. The van der Waals surface area contributed by atoms with Crippen LogP contribution in [0.5, 0.6) is 0 Å². The molecule has 23 heavy (non-hydrogen) atoms. The number of aliphatic hydroxyl groups excluding tert-OH is 1. The molecule has 0 atom stereocenters. The second-order valence-electron chi connectivity index (χ2n) is 5.60. The molecule has 2 aromatic rings. The van der Waals surface area contributed by atoms with Crippen molar-refractivity contribution in [3.8, 4) is 11.8 Å². The molecular weight excluding hydrogens is 294 g/mol. The van der Waals surface area contributed by atoms with Crippen molar-refractivity contribution in [1.82, 2.24) is 19.3 Å². The summed E-state index contributed by atoms with van der Waals surface area (Å²) in [5.74, 6) is 6.70. The second kappa shape index (κ2) is 6.84. The fourth-order valence-electron chi connectivity index (χ4n) is 2.97. The molecule has 2 aromatic heterocycles. The number of rotatable bonds is 4. The molecule has 1 saturated heterocycles. The molecule has 7 heteroatoms. The van der Waals surface area contributed by atoms with Crippen LogP contribution in [0, 0.1) is 11.8 Å². The van der Waals surface area contributed by atoms with Gasteiger partial charge in [0, 0.05) is 13.1 Å². The molecule has 0 radical (unpaired) electrons. The van der Waals surface area contributed by atoms with Gasteiger partial charge in [-0.3, -0.25) is 9.36 Å². The van der Waals surface area contributed by atoms with Gasteiger partial charge in [0.2, 0.25) is 5.95 Å². The zero-order valence-corrected chi connectivity index (χ0v) is 13.3. The van der Waals surface area contributed by atoms with Gasteiger partial charge in [-0.1, -0.05) is 5.92 Å². The minimum Gasteiger partial charge on any atom is -0.394 e. The average Bonchev–Trinajstić information content (AvgIpc) is 2.96. The van der Waals surface area contributed by atoms with E-state index in [-0.39, 0.29) is 18.7 Å². The molecule has 3 rings (SSSR count). The van der Waals surface area contributed by atoms with E-state index in [9.17, 15) is 4.79 Å². The van der Waals surface area contributed by atoms with Gasteiger partial charge in [-0.2, -0.15) is 5.10 Å². The van der Waals surface area contributed by atoms with Crippen LogP contribution in [0.3, 0.4) is 0 Å². The molecule has 1 aliphatic rings. The van der Waals surface area contributed by atoms with E-state index < -0.39 is 0 Å². The Morgan fingerprint density at radius 2 is 2.09 bits per heavy atom. The summed E-state index contributed by atoms with van der Waals surface area (Å²) in [6.07, 6.45) is 5.09. The molecule has 3 heterocycles. The van der Waals surface area contributed by atoms with Gasteiger partial charge in [-0.15, -0.1) is 5.92 Å². The number of nitrogens with zero attached hydrogens (tertiary/aromatic N) is 5. The van der Waals surface area contributed by atoms with Crippen LogP contribution >= 0.6 is 0 Å². The standard InChI is InChI=1S/C16H21N5O2/c1-2-3-9-20-14-13(12-17-21(10-11-22)15(14)23)18-16(20)19-7-5-4-6-8-19/h12,22H,4-11H2,1H3. The Balaban J connectivity index is 2.16. The summed E-state index contributed by atoms with van der Waals surface area (Å²) in [6.45, 7) is 4.16. The Kier molecular flexibility index (Phi) is 4.63. The molecule has 122 valence electrons. The van der Waals surface area contributed by atoms with Crippen molar-refractivity contribution in [3.05, 3.63) is 16.6 Å². The summed E-state index contributed by atoms with van der Waals surface area (Å²) in [5, 5.41) is 13.2. The lowest BCUT2D eigenvalue weighted by Crippen LogP contribution is -2.32. The van der Waals surface area contributed by atoms with E-state index in [1.54, 1.807) is 13.1 Å². The third kappa shape index (κ3) is 2.94. The van der Waals surface area contributed by atoms with Gasteiger partial charge in [-0.05, 0) is 26.2 Å². The molecule has 7 nitrogen and oxygen atoms in total. The highest BCUT2D eigenvalue weighted by Gasteiger charge is 2.21. The molecule has 1 fully saturated rings. The van der Waals surface area contributed by atoms with Crippen molar-refractivity contribution in [2.75, 3.05) is 24.6 Å². The maximum Gasteiger partial charge on any atom is 0.293 e. The van der Waals surface area contributed by atoms with Gasteiger partial charge in [0.25, 0.3) is 5.56 Å². The average molecular weight is 315 g/mol. The lowest BCUT2D eigenvalue weighted by Gasteiger charge is -2.27. The highest BCUT2D eigenvalue weighted by atomic mass is 16.3. The number of piperidine rings is 1. The van der Waals surface area contributed by atoms with Gasteiger partial charge in [0.15, 0.2) is 0 Å². The van der Waals surface area contributed by atoms with Crippen molar-refractivity contribution in [2.45, 2.75) is 39.3 Å². The van der Waals surface area contributed by atoms with Gasteiger partial charge in [-0.25, -0.2) is 9.67 Å². The van der Waals surface area contributed by atoms with Crippen molar-refractivity contribution in [3.63, 3.8) is 0 Å². The zero-order valence-electron chi connectivity index (χ0n) is 13.3. The van der Waals surface area contributed by atoms with E-state index >= 15 is 0 Å². The fraction of sp³-hybridized carbons (Fsp3) is 0.562. The number of aromatic nitrogens is 4. The predicted octanol–water partition coefficient (Wildman–Crippen LogP) is 0.599. The van der Waals surface area contributed by atoms with Crippen molar-refractivity contribution >= 4 is 17.0 Å². The van der Waals surface area contributed by atoms with E-state index in [0.717, 1.165) is 31.9 Å². The maximum absolute atomic E-state index is 12.7. The molecule has 0 spiro atoms. The Hall–Kier alpha value is -2.33. The van der Waals surface area contributed by atoms with Gasteiger partial charge >= 0.3 is 0 Å². The SMILES string of the molecule is CC#CCn1c(N2CCCCC2)nc2cnn(CCO)c(=O)c21. The Bertz CT molecular complexity index is 805. The van der Waals surface area contributed by atoms with Crippen LogP contribution in [0.2, 0.25) is 0 Å². The molecule has 0 unspecified atom stereocenters. The topological polar surface area (TPSA) is 76.2 Å². The number of anilines is 1. The normalized spacial score (nSPS) is 14.8. The van der Waals surface area contributed by atoms with Crippen molar-refractivity contribution in [2.24, 2.45) is 0 Å². The van der Waals surface area contributed by atoms with E-state index in [4.69, 9.17) is 5.11 Å². The largest absolute Gasteiger partial charge is 0.394 e. The van der Waals surface area contributed by atoms with Gasteiger partial charge in [0.05, 0.1) is 25.9 Å². The molecule has 0 aromatic carbocycles. The van der Waals surface area contributed by atoms with Crippen LogP contribution in [0.15, 0.2) is 11.0 Å². The van der Waals surface area contributed by atoms with E-state index in [2.05, 4.69) is 26.8 Å². The minimum absolute atomic E-state index is 0.125. The quantitative estimate of drug-likeness (QED) is 0.836. The monoisotopic (exact) mass is 315 g/mol. The first kappa shape index (κ1) is 15.6. The first-order valence-electron chi connectivity index (χ1n) is 7.98. The molecule has 1 N–H and O–H groups in total. The van der Waals surface area contributed by atoms with Crippen LogP contribution in [0.1, 0.15) is 26.2 Å². The van der Waals surface area contributed by atoms with Crippen molar-refractivity contribution in [1.29, 1.82) is 0 Å².